The van der Waals surface area contributed by atoms with E-state index in [-0.39, 0.29) is 12.1 Å². The van der Waals surface area contributed by atoms with E-state index >= 15 is 0 Å². The Hall–Kier alpha value is -0.790. The van der Waals surface area contributed by atoms with Crippen LogP contribution in [0.2, 0.25) is 0 Å². The van der Waals surface area contributed by atoms with Gasteiger partial charge in [0.05, 0.1) is 6.42 Å². The number of rotatable bonds is 0. The number of allylic oxidation sites excluding steroid dienone is 1. The third-order valence-corrected chi connectivity index (χ3v) is 5.02. The normalized spacial score (nSPS) is 47.2. The molecule has 2 heteroatoms. The van der Waals surface area contributed by atoms with Gasteiger partial charge in [-0.15, -0.1) is 0 Å². The number of carbonyl (C=O) groups excluding carboxylic acids is 1. The number of ether oxygens (including phenoxy) is 1. The minimum Gasteiger partial charge on any atom is -0.462 e. The van der Waals surface area contributed by atoms with Crippen LogP contribution in [0.1, 0.15) is 45.4 Å². The fourth-order valence-corrected chi connectivity index (χ4v) is 4.12. The maximum atomic E-state index is 11.4. The highest BCUT2D eigenvalue weighted by molar-refractivity contribution is 5.72. The summed E-state index contributed by atoms with van der Waals surface area (Å²) in [6.45, 7) is 6.62. The van der Waals surface area contributed by atoms with E-state index in [1.54, 1.807) is 0 Å². The number of hydrogen-bond acceptors (Lipinski definition) is 2. The lowest BCUT2D eigenvalue weighted by Crippen LogP contribution is -2.43. The van der Waals surface area contributed by atoms with Gasteiger partial charge < -0.3 is 4.74 Å². The highest BCUT2D eigenvalue weighted by Gasteiger charge is 2.50. The average Bonchev–Trinajstić information content (AvgIpc) is 2.54. The first-order chi connectivity index (χ1) is 7.58. The van der Waals surface area contributed by atoms with Crippen LogP contribution in [0.25, 0.3) is 0 Å². The van der Waals surface area contributed by atoms with Gasteiger partial charge in [-0.3, -0.25) is 4.79 Å². The van der Waals surface area contributed by atoms with E-state index in [0.29, 0.717) is 23.7 Å². The molecular formula is C14H20O2. The molecule has 1 heterocycles. The van der Waals surface area contributed by atoms with Gasteiger partial charge in [0.1, 0.15) is 6.10 Å². The summed E-state index contributed by atoms with van der Waals surface area (Å²) in [6, 6.07) is 0. The van der Waals surface area contributed by atoms with Crippen molar-refractivity contribution in [1.82, 2.24) is 0 Å². The van der Waals surface area contributed by atoms with Crippen molar-refractivity contribution in [2.75, 3.05) is 0 Å². The number of fused-ring (bicyclic) bond motifs is 2. The Kier molecular flexibility index (Phi) is 2.17. The van der Waals surface area contributed by atoms with Crippen LogP contribution in [-0.4, -0.2) is 12.1 Å². The molecule has 0 aromatic carbocycles. The van der Waals surface area contributed by atoms with E-state index in [1.807, 2.05) is 0 Å². The zero-order chi connectivity index (χ0) is 11.3. The molecule has 0 aromatic rings. The van der Waals surface area contributed by atoms with Gasteiger partial charge >= 0.3 is 5.97 Å². The quantitative estimate of drug-likeness (QED) is 0.463. The van der Waals surface area contributed by atoms with Crippen molar-refractivity contribution in [2.45, 2.75) is 51.6 Å². The van der Waals surface area contributed by atoms with Crippen LogP contribution >= 0.6 is 0 Å². The molecular weight excluding hydrogens is 200 g/mol. The van der Waals surface area contributed by atoms with E-state index < -0.39 is 0 Å². The van der Waals surface area contributed by atoms with Crippen LogP contribution in [0.15, 0.2) is 12.2 Å². The Balaban J connectivity index is 1.86. The van der Waals surface area contributed by atoms with Crippen molar-refractivity contribution in [3.8, 4) is 0 Å². The molecule has 1 saturated heterocycles. The Morgan fingerprint density at radius 1 is 1.50 bits per heavy atom. The summed E-state index contributed by atoms with van der Waals surface area (Å²) in [5, 5.41) is 0. The average molecular weight is 220 g/mol. The molecule has 1 aliphatic heterocycles. The lowest BCUT2D eigenvalue weighted by molar-refractivity contribution is -0.143. The fraction of sp³-hybridized carbons (Fsp3) is 0.786. The van der Waals surface area contributed by atoms with Crippen molar-refractivity contribution in [1.29, 1.82) is 0 Å². The first-order valence-electron chi connectivity index (χ1n) is 6.46. The Labute approximate surface area is 97.1 Å². The second-order valence-electron chi connectivity index (χ2n) is 6.15. The molecule has 0 bridgehead atoms. The topological polar surface area (TPSA) is 26.3 Å². The Morgan fingerprint density at radius 3 is 3.12 bits per heavy atom. The minimum atomic E-state index is 0.0165. The number of esters is 1. The smallest absolute Gasteiger partial charge is 0.306 e. The lowest BCUT2D eigenvalue weighted by atomic mass is 9.56. The van der Waals surface area contributed by atoms with Gasteiger partial charge in [0, 0.05) is 5.92 Å². The van der Waals surface area contributed by atoms with Crippen molar-refractivity contribution in [2.24, 2.45) is 17.3 Å². The third kappa shape index (κ3) is 1.42. The van der Waals surface area contributed by atoms with E-state index in [9.17, 15) is 4.79 Å². The first-order valence-corrected chi connectivity index (χ1v) is 6.46. The second-order valence-corrected chi connectivity index (χ2v) is 6.15. The highest BCUT2D eigenvalue weighted by Crippen LogP contribution is 2.55. The molecule has 88 valence electrons. The molecule has 0 radical (unpaired) electrons. The predicted octanol–water partition coefficient (Wildman–Crippen LogP) is 3.07. The molecule has 0 aromatic heterocycles. The van der Waals surface area contributed by atoms with Crippen LogP contribution in [0, 0.1) is 17.3 Å². The summed E-state index contributed by atoms with van der Waals surface area (Å²) in [7, 11) is 0. The van der Waals surface area contributed by atoms with E-state index in [1.165, 1.54) is 24.8 Å². The zero-order valence-corrected chi connectivity index (χ0v) is 10.00. The second kappa shape index (κ2) is 3.35. The van der Waals surface area contributed by atoms with Crippen molar-refractivity contribution < 1.29 is 9.53 Å². The van der Waals surface area contributed by atoms with Crippen LogP contribution in [0.5, 0.6) is 0 Å². The van der Waals surface area contributed by atoms with Gasteiger partial charge in [0.15, 0.2) is 0 Å². The number of hydrogen-bond donors (Lipinski definition) is 0. The molecule has 0 amide bonds. The van der Waals surface area contributed by atoms with Crippen LogP contribution in [-0.2, 0) is 9.53 Å². The molecule has 3 aliphatic rings. The molecule has 16 heavy (non-hydrogen) atoms. The SMILES string of the molecule is C=C1CCC[C@]2(C)C[C@H]3OC(=O)C[C@H]3C[C@@H]12. The van der Waals surface area contributed by atoms with Gasteiger partial charge in [-0.2, -0.15) is 0 Å². The lowest BCUT2D eigenvalue weighted by Gasteiger charge is -2.49. The standard InChI is InChI=1S/C14H20O2/c1-9-4-3-5-14(2)8-12-10(6-11(9)14)7-13(15)16-12/h10-12H,1,3-8H2,2H3/t10-,11+,12-,14-/m1/s1. The van der Waals surface area contributed by atoms with Crippen LogP contribution in [0.3, 0.4) is 0 Å². The monoisotopic (exact) mass is 220 g/mol. The third-order valence-electron chi connectivity index (χ3n) is 5.02. The summed E-state index contributed by atoms with van der Waals surface area (Å²) in [5.74, 6) is 1.13. The first kappa shape index (κ1) is 10.4. The molecule has 0 spiro atoms. The fourth-order valence-electron chi connectivity index (χ4n) is 4.12. The largest absolute Gasteiger partial charge is 0.462 e. The van der Waals surface area contributed by atoms with Gasteiger partial charge in [-0.1, -0.05) is 19.1 Å². The van der Waals surface area contributed by atoms with E-state index in [4.69, 9.17) is 4.74 Å². The molecule has 2 nitrogen and oxygen atoms in total. The highest BCUT2D eigenvalue weighted by atomic mass is 16.5. The summed E-state index contributed by atoms with van der Waals surface area (Å²) in [5.41, 5.74) is 1.77. The maximum Gasteiger partial charge on any atom is 0.306 e. The summed E-state index contributed by atoms with van der Waals surface area (Å²) in [4.78, 5) is 11.4. The molecule has 3 rings (SSSR count). The van der Waals surface area contributed by atoms with Gasteiger partial charge in [0.2, 0.25) is 0 Å². The summed E-state index contributed by atoms with van der Waals surface area (Å²) < 4.78 is 5.45. The summed E-state index contributed by atoms with van der Waals surface area (Å²) >= 11 is 0. The molecule has 2 saturated carbocycles. The van der Waals surface area contributed by atoms with E-state index in [0.717, 1.165) is 12.8 Å². The van der Waals surface area contributed by atoms with Crippen LogP contribution in [0.4, 0.5) is 0 Å². The Bertz CT molecular complexity index is 347. The van der Waals surface area contributed by atoms with Crippen molar-refractivity contribution in [3.05, 3.63) is 12.2 Å². The van der Waals surface area contributed by atoms with Crippen molar-refractivity contribution in [3.63, 3.8) is 0 Å². The molecule has 4 atom stereocenters. The van der Waals surface area contributed by atoms with Crippen molar-refractivity contribution >= 4 is 5.97 Å². The molecule has 0 unspecified atom stereocenters. The van der Waals surface area contributed by atoms with Gasteiger partial charge in [0.25, 0.3) is 0 Å². The predicted molar refractivity (Wildman–Crippen MR) is 61.8 cm³/mol. The van der Waals surface area contributed by atoms with Gasteiger partial charge in [-0.05, 0) is 43.4 Å². The van der Waals surface area contributed by atoms with Gasteiger partial charge in [-0.25, -0.2) is 0 Å². The molecule has 2 aliphatic carbocycles. The maximum absolute atomic E-state index is 11.4. The zero-order valence-electron chi connectivity index (χ0n) is 10.00. The number of carbonyl (C=O) groups is 1. The molecule has 0 N–H and O–H groups in total. The minimum absolute atomic E-state index is 0.0165. The van der Waals surface area contributed by atoms with Crippen LogP contribution < -0.4 is 0 Å². The summed E-state index contributed by atoms with van der Waals surface area (Å²) in [6.07, 6.45) is 6.77. The molecule has 3 fully saturated rings. The Morgan fingerprint density at radius 2 is 2.31 bits per heavy atom. The van der Waals surface area contributed by atoms with E-state index in [2.05, 4.69) is 13.5 Å².